The van der Waals surface area contributed by atoms with E-state index in [4.69, 9.17) is 9.90 Å². The van der Waals surface area contributed by atoms with E-state index in [2.05, 4.69) is 20.2 Å². The van der Waals surface area contributed by atoms with E-state index < -0.39 is 43.9 Å². The number of carbonyl (C=O) groups is 1. The van der Waals surface area contributed by atoms with Crippen LogP contribution in [0.3, 0.4) is 0 Å². The minimum absolute atomic E-state index is 0.113. The predicted octanol–water partition coefficient (Wildman–Crippen LogP) is 6.05. The van der Waals surface area contributed by atoms with E-state index >= 15 is 8.78 Å². The molecule has 0 amide bonds. The summed E-state index contributed by atoms with van der Waals surface area (Å²) in [5, 5.41) is 10.0. The molecule has 8 nitrogen and oxygen atoms in total. The molecule has 0 bridgehead atoms. The summed E-state index contributed by atoms with van der Waals surface area (Å²) in [7, 11) is -4.22. The zero-order chi connectivity index (χ0) is 31.9. The normalized spacial score (nSPS) is 21.2. The molecule has 1 aliphatic heterocycles. The molecule has 0 unspecified atom stereocenters. The van der Waals surface area contributed by atoms with Crippen molar-refractivity contribution in [2.75, 3.05) is 18.4 Å². The number of hydrogen-bond donors (Lipinski definition) is 2. The predicted molar refractivity (Wildman–Crippen MR) is 153 cm³/mol. The molecule has 1 saturated heterocycles. The smallest absolute Gasteiger partial charge is 0.416 e. The summed E-state index contributed by atoms with van der Waals surface area (Å²) in [4.78, 5) is 17.5. The fourth-order valence-electron chi connectivity index (χ4n) is 5.99. The Balaban J connectivity index is 0.00000141. The summed E-state index contributed by atoms with van der Waals surface area (Å²) in [6.07, 6.45) is 2.82. The molecule has 238 valence electrons. The van der Waals surface area contributed by atoms with Gasteiger partial charge in [-0.3, -0.25) is 9.69 Å². The number of hydrogen-bond acceptors (Lipinski definition) is 7. The fourth-order valence-corrected chi connectivity index (χ4v) is 7.35. The van der Waals surface area contributed by atoms with Crippen LogP contribution >= 0.6 is 0 Å². The fraction of sp³-hybridized carbons (Fsp3) is 0.433. The minimum Gasteiger partial charge on any atom is -0.483 e. The Labute approximate surface area is 252 Å². The van der Waals surface area contributed by atoms with Gasteiger partial charge in [-0.15, -0.1) is 0 Å². The molecule has 5 rings (SSSR count). The van der Waals surface area contributed by atoms with Gasteiger partial charge in [0, 0.05) is 24.3 Å². The highest BCUT2D eigenvalue weighted by Gasteiger charge is 2.37. The summed E-state index contributed by atoms with van der Waals surface area (Å²) in [5.41, 5.74) is -0.0512. The zero-order valence-corrected chi connectivity index (χ0v) is 24.5. The van der Waals surface area contributed by atoms with Gasteiger partial charge in [0.2, 0.25) is 0 Å². The van der Waals surface area contributed by atoms with Gasteiger partial charge in [0.05, 0.1) is 22.7 Å². The maximum atomic E-state index is 15.3. The Hall–Kier alpha value is -3.65. The second-order valence-electron chi connectivity index (χ2n) is 10.9. The van der Waals surface area contributed by atoms with Gasteiger partial charge in [-0.05, 0) is 74.9 Å². The van der Waals surface area contributed by atoms with Crippen molar-refractivity contribution in [3.8, 4) is 0 Å². The van der Waals surface area contributed by atoms with Gasteiger partial charge in [0.15, 0.2) is 9.84 Å². The standard InChI is InChI=1S/C29H31F5N4O2S.CH2O2/c30-23-16-28(41(39,40)17-22-9-10-35-18-36-22)24(31)15-26(23)37-25-8-7-20(14-27(25)38-11-2-1-3-12-38)19-5-4-6-21(13-19)29(32,33)34;2-1-3/h4-6,9-10,13,15-16,18,20,25,27,37H,1-3,7-8,11-12,14,17H2;1H,(H,2,3)/t20-,25-,27-;/m0./s1. The molecule has 2 aliphatic rings. The number of nitrogens with zero attached hydrogens (tertiary/aromatic N) is 3. The maximum absolute atomic E-state index is 15.3. The second-order valence-corrected chi connectivity index (χ2v) is 12.8. The van der Waals surface area contributed by atoms with Crippen LogP contribution in [0, 0.1) is 11.6 Å². The number of aromatic nitrogens is 2. The molecule has 2 heterocycles. The largest absolute Gasteiger partial charge is 0.483 e. The number of benzene rings is 2. The van der Waals surface area contributed by atoms with E-state index in [1.165, 1.54) is 30.7 Å². The van der Waals surface area contributed by atoms with Gasteiger partial charge in [0.25, 0.3) is 6.47 Å². The van der Waals surface area contributed by atoms with Gasteiger partial charge in [-0.25, -0.2) is 27.2 Å². The topological polar surface area (TPSA) is 112 Å². The van der Waals surface area contributed by atoms with Crippen LogP contribution in [0.4, 0.5) is 27.6 Å². The highest BCUT2D eigenvalue weighted by atomic mass is 32.2. The Bertz CT molecular complexity index is 1520. The first-order valence-electron chi connectivity index (χ1n) is 14.1. The SMILES string of the molecule is O=CO.O=S(=O)(Cc1ccncn1)c1cc(F)c(N[C@H]2CC[C@H](c3cccc(C(F)(F)F)c3)C[C@@H]2N2CCCCC2)cc1F. The van der Waals surface area contributed by atoms with Crippen LogP contribution in [-0.2, 0) is 26.6 Å². The van der Waals surface area contributed by atoms with Gasteiger partial charge in [-0.1, -0.05) is 24.6 Å². The lowest BCUT2D eigenvalue weighted by Crippen LogP contribution is -2.51. The van der Waals surface area contributed by atoms with E-state index in [0.717, 1.165) is 44.5 Å². The van der Waals surface area contributed by atoms with Crippen molar-refractivity contribution < 1.29 is 40.3 Å². The van der Waals surface area contributed by atoms with Crippen LogP contribution in [0.25, 0.3) is 0 Å². The van der Waals surface area contributed by atoms with Crippen LogP contribution in [0.2, 0.25) is 0 Å². The van der Waals surface area contributed by atoms with Gasteiger partial charge >= 0.3 is 6.18 Å². The number of piperidine rings is 1. The van der Waals surface area contributed by atoms with Crippen molar-refractivity contribution in [2.45, 2.75) is 73.4 Å². The van der Waals surface area contributed by atoms with Crippen LogP contribution in [0.15, 0.2) is 59.9 Å². The third-order valence-electron chi connectivity index (χ3n) is 8.04. The molecular weight excluding hydrogens is 607 g/mol. The van der Waals surface area contributed by atoms with Crippen LogP contribution in [-0.4, -0.2) is 60.0 Å². The van der Waals surface area contributed by atoms with Crippen molar-refractivity contribution in [1.29, 1.82) is 0 Å². The molecular formula is C30H33F5N4O4S. The molecule has 2 aromatic carbocycles. The quantitative estimate of drug-likeness (QED) is 0.237. The monoisotopic (exact) mass is 640 g/mol. The highest BCUT2D eigenvalue weighted by Crippen LogP contribution is 2.40. The molecule has 44 heavy (non-hydrogen) atoms. The lowest BCUT2D eigenvalue weighted by atomic mass is 9.77. The molecule has 3 atom stereocenters. The summed E-state index contributed by atoms with van der Waals surface area (Å²) in [5.74, 6) is -2.69. The Morgan fingerprint density at radius 1 is 1.02 bits per heavy atom. The van der Waals surface area contributed by atoms with E-state index in [1.54, 1.807) is 6.07 Å². The van der Waals surface area contributed by atoms with Crippen LogP contribution in [0.1, 0.15) is 61.3 Å². The first-order valence-corrected chi connectivity index (χ1v) is 15.8. The number of nitrogens with one attached hydrogen (secondary N) is 1. The lowest BCUT2D eigenvalue weighted by Gasteiger charge is -2.45. The molecule has 2 N–H and O–H groups in total. The average Bonchev–Trinajstić information content (AvgIpc) is 3.00. The molecule has 0 radical (unpaired) electrons. The van der Waals surface area contributed by atoms with E-state index in [9.17, 15) is 21.6 Å². The summed E-state index contributed by atoms with van der Waals surface area (Å²) >= 11 is 0. The molecule has 0 spiro atoms. The van der Waals surface area contributed by atoms with Crippen molar-refractivity contribution in [2.24, 2.45) is 0 Å². The van der Waals surface area contributed by atoms with Gasteiger partial charge in [-0.2, -0.15) is 13.2 Å². The molecule has 1 aromatic heterocycles. The molecule has 3 aromatic rings. The van der Waals surface area contributed by atoms with Crippen molar-refractivity contribution in [3.05, 3.63) is 83.4 Å². The summed E-state index contributed by atoms with van der Waals surface area (Å²) < 4.78 is 96.1. The number of likely N-dealkylation sites (tertiary alicyclic amines) is 1. The number of carboxylic acid groups (broad SMARTS) is 1. The average molecular weight is 641 g/mol. The highest BCUT2D eigenvalue weighted by molar-refractivity contribution is 7.90. The van der Waals surface area contributed by atoms with Gasteiger partial charge < -0.3 is 10.4 Å². The number of sulfone groups is 1. The van der Waals surface area contributed by atoms with Crippen molar-refractivity contribution >= 4 is 22.0 Å². The van der Waals surface area contributed by atoms with Gasteiger partial charge in [0.1, 0.15) is 22.9 Å². The number of anilines is 1. The lowest BCUT2D eigenvalue weighted by molar-refractivity contribution is -0.137. The van der Waals surface area contributed by atoms with Crippen molar-refractivity contribution in [3.63, 3.8) is 0 Å². The molecule has 2 fully saturated rings. The maximum Gasteiger partial charge on any atom is 0.416 e. The molecule has 1 aliphatic carbocycles. The molecule has 1 saturated carbocycles. The third-order valence-corrected chi connectivity index (χ3v) is 9.70. The third kappa shape index (κ3) is 8.29. The number of rotatable bonds is 7. The van der Waals surface area contributed by atoms with Crippen LogP contribution in [0.5, 0.6) is 0 Å². The first kappa shape index (κ1) is 33.2. The first-order chi connectivity index (χ1) is 20.9. The zero-order valence-electron chi connectivity index (χ0n) is 23.7. The van der Waals surface area contributed by atoms with Crippen molar-refractivity contribution in [1.82, 2.24) is 14.9 Å². The summed E-state index contributed by atoms with van der Waals surface area (Å²) in [6, 6.07) is 7.95. The second kappa shape index (κ2) is 14.4. The van der Waals surface area contributed by atoms with E-state index in [0.29, 0.717) is 30.9 Å². The number of halogens is 5. The number of alkyl halides is 3. The minimum atomic E-state index is -4.43. The summed E-state index contributed by atoms with van der Waals surface area (Å²) in [6.45, 7) is 1.38. The Morgan fingerprint density at radius 2 is 1.75 bits per heavy atom. The Morgan fingerprint density at radius 3 is 2.41 bits per heavy atom. The Kier molecular flexibility index (Phi) is 10.9. The van der Waals surface area contributed by atoms with Crippen LogP contribution < -0.4 is 5.32 Å². The molecule has 14 heteroatoms. The van der Waals surface area contributed by atoms with E-state index in [1.807, 2.05) is 0 Å². The van der Waals surface area contributed by atoms with E-state index in [-0.39, 0.29) is 35.9 Å².